The van der Waals surface area contributed by atoms with Gasteiger partial charge in [-0.15, -0.1) is 0 Å². The van der Waals surface area contributed by atoms with E-state index < -0.39 is 0 Å². The van der Waals surface area contributed by atoms with Crippen LogP contribution in [-0.4, -0.2) is 5.78 Å². The average molecular weight is 224 g/mol. The molecule has 0 bridgehead atoms. The summed E-state index contributed by atoms with van der Waals surface area (Å²) in [5.41, 5.74) is 4.09. The second kappa shape index (κ2) is 4.96. The fraction of sp³-hybridized carbons (Fsp3) is 0.188. The molecule has 1 nitrogen and oxygen atoms in total. The van der Waals surface area contributed by atoms with Crippen molar-refractivity contribution in [1.29, 1.82) is 0 Å². The molecule has 1 heteroatoms. The molecule has 0 aromatic heterocycles. The van der Waals surface area contributed by atoms with Crippen molar-refractivity contribution in [2.75, 3.05) is 0 Å². The summed E-state index contributed by atoms with van der Waals surface area (Å²) >= 11 is 0. The van der Waals surface area contributed by atoms with E-state index in [1.807, 2.05) is 62.4 Å². The van der Waals surface area contributed by atoms with Crippen LogP contribution in [0.15, 0.2) is 48.5 Å². The van der Waals surface area contributed by atoms with E-state index in [1.54, 1.807) is 0 Å². The van der Waals surface area contributed by atoms with E-state index in [9.17, 15) is 4.79 Å². The molecule has 0 saturated carbocycles. The van der Waals surface area contributed by atoms with Gasteiger partial charge in [0.25, 0.3) is 0 Å². The minimum atomic E-state index is 0.192. The first-order valence-corrected chi connectivity index (χ1v) is 5.81. The molecule has 0 N–H and O–H groups in total. The second-order valence-electron chi connectivity index (χ2n) is 4.40. The van der Waals surface area contributed by atoms with Gasteiger partial charge in [0.05, 0.1) is 0 Å². The highest BCUT2D eigenvalue weighted by Crippen LogP contribution is 2.14. The monoisotopic (exact) mass is 224 g/mol. The average Bonchev–Trinajstić information content (AvgIpc) is 2.33. The summed E-state index contributed by atoms with van der Waals surface area (Å²) in [4.78, 5) is 12.2. The lowest BCUT2D eigenvalue weighted by molar-refractivity contribution is 0.0992. The summed E-state index contributed by atoms with van der Waals surface area (Å²) in [6.45, 7) is 4.00. The minimum Gasteiger partial charge on any atom is -0.294 e. The van der Waals surface area contributed by atoms with E-state index in [0.29, 0.717) is 6.42 Å². The highest BCUT2D eigenvalue weighted by atomic mass is 16.1. The Bertz CT molecular complexity index is 526. The molecule has 0 saturated heterocycles. The third-order valence-electron chi connectivity index (χ3n) is 2.90. The van der Waals surface area contributed by atoms with Gasteiger partial charge in [-0.3, -0.25) is 4.79 Å². The summed E-state index contributed by atoms with van der Waals surface area (Å²) in [7, 11) is 0. The van der Waals surface area contributed by atoms with Crippen molar-refractivity contribution in [1.82, 2.24) is 0 Å². The van der Waals surface area contributed by atoms with Crippen molar-refractivity contribution in [2.45, 2.75) is 20.3 Å². The maximum atomic E-state index is 12.2. The quantitative estimate of drug-likeness (QED) is 0.726. The zero-order chi connectivity index (χ0) is 12.3. The molecule has 0 radical (unpaired) electrons. The zero-order valence-corrected chi connectivity index (χ0v) is 10.2. The SMILES string of the molecule is Cc1ccc(C)c(C(=O)Cc2ccccc2)c1. The smallest absolute Gasteiger partial charge is 0.167 e. The molecule has 0 aliphatic rings. The van der Waals surface area contributed by atoms with Gasteiger partial charge in [-0.1, -0.05) is 48.0 Å². The molecule has 2 aromatic carbocycles. The summed E-state index contributed by atoms with van der Waals surface area (Å²) in [6.07, 6.45) is 0.477. The molecule has 17 heavy (non-hydrogen) atoms. The molecule has 0 aliphatic carbocycles. The van der Waals surface area contributed by atoms with Gasteiger partial charge in [0, 0.05) is 12.0 Å². The summed E-state index contributed by atoms with van der Waals surface area (Å²) in [6, 6.07) is 15.9. The topological polar surface area (TPSA) is 17.1 Å². The van der Waals surface area contributed by atoms with Crippen LogP contribution in [-0.2, 0) is 6.42 Å². The third-order valence-corrected chi connectivity index (χ3v) is 2.90. The molecule has 0 heterocycles. The Morgan fingerprint density at radius 2 is 1.71 bits per heavy atom. The normalized spacial score (nSPS) is 10.2. The third kappa shape index (κ3) is 2.82. The predicted octanol–water partition coefficient (Wildman–Crippen LogP) is 3.73. The van der Waals surface area contributed by atoms with E-state index in [0.717, 1.165) is 22.3 Å². The van der Waals surface area contributed by atoms with Gasteiger partial charge in [-0.2, -0.15) is 0 Å². The van der Waals surface area contributed by atoms with Crippen LogP contribution in [0.25, 0.3) is 0 Å². The van der Waals surface area contributed by atoms with Crippen molar-refractivity contribution >= 4 is 5.78 Å². The molecule has 0 amide bonds. The molecule has 0 aliphatic heterocycles. The molecule has 0 unspecified atom stereocenters. The number of hydrogen-bond donors (Lipinski definition) is 0. The van der Waals surface area contributed by atoms with Gasteiger partial charge in [0.2, 0.25) is 0 Å². The second-order valence-corrected chi connectivity index (χ2v) is 4.40. The lowest BCUT2D eigenvalue weighted by Crippen LogP contribution is -2.05. The van der Waals surface area contributed by atoms with Crippen LogP contribution < -0.4 is 0 Å². The molecule has 86 valence electrons. The molecule has 2 rings (SSSR count). The Morgan fingerprint density at radius 1 is 1.00 bits per heavy atom. The van der Waals surface area contributed by atoms with Crippen molar-refractivity contribution < 1.29 is 4.79 Å². The zero-order valence-electron chi connectivity index (χ0n) is 10.2. The summed E-state index contributed by atoms with van der Waals surface area (Å²) in [5, 5.41) is 0. The lowest BCUT2D eigenvalue weighted by Gasteiger charge is -2.06. The number of aryl methyl sites for hydroxylation is 2. The number of ketones is 1. The molecular weight excluding hydrogens is 208 g/mol. The van der Waals surface area contributed by atoms with Gasteiger partial charge < -0.3 is 0 Å². The number of carbonyl (C=O) groups excluding carboxylic acids is 1. The van der Waals surface area contributed by atoms with Crippen LogP contribution in [0, 0.1) is 13.8 Å². The van der Waals surface area contributed by atoms with Crippen LogP contribution in [0.2, 0.25) is 0 Å². The molecular formula is C16H16O. The Kier molecular flexibility index (Phi) is 3.38. The number of Topliss-reactive ketones (excluding diaryl/α,β-unsaturated/α-hetero) is 1. The van der Waals surface area contributed by atoms with Crippen molar-refractivity contribution in [2.24, 2.45) is 0 Å². The fourth-order valence-electron chi connectivity index (χ4n) is 1.91. The van der Waals surface area contributed by atoms with Crippen molar-refractivity contribution in [3.63, 3.8) is 0 Å². The Morgan fingerprint density at radius 3 is 2.41 bits per heavy atom. The first-order valence-electron chi connectivity index (χ1n) is 5.81. The standard InChI is InChI=1S/C16H16O/c1-12-8-9-13(2)15(10-12)16(17)11-14-6-4-3-5-7-14/h3-10H,11H2,1-2H3. The number of rotatable bonds is 3. The molecule has 0 fully saturated rings. The maximum absolute atomic E-state index is 12.2. The first-order chi connectivity index (χ1) is 8.16. The summed E-state index contributed by atoms with van der Waals surface area (Å²) in [5.74, 6) is 0.192. The summed E-state index contributed by atoms with van der Waals surface area (Å²) < 4.78 is 0. The van der Waals surface area contributed by atoms with Crippen LogP contribution in [0.5, 0.6) is 0 Å². The van der Waals surface area contributed by atoms with Crippen LogP contribution in [0.4, 0.5) is 0 Å². The van der Waals surface area contributed by atoms with E-state index in [1.165, 1.54) is 0 Å². The van der Waals surface area contributed by atoms with Crippen LogP contribution in [0.1, 0.15) is 27.0 Å². The van der Waals surface area contributed by atoms with Gasteiger partial charge in [-0.05, 0) is 31.0 Å². The molecule has 0 atom stereocenters. The van der Waals surface area contributed by atoms with E-state index in [2.05, 4.69) is 0 Å². The van der Waals surface area contributed by atoms with Gasteiger partial charge >= 0.3 is 0 Å². The van der Waals surface area contributed by atoms with Gasteiger partial charge in [0.15, 0.2) is 5.78 Å². The van der Waals surface area contributed by atoms with Crippen molar-refractivity contribution in [3.8, 4) is 0 Å². The number of carbonyl (C=O) groups is 1. The Balaban J connectivity index is 2.23. The largest absolute Gasteiger partial charge is 0.294 e. The number of benzene rings is 2. The minimum absolute atomic E-state index is 0.192. The van der Waals surface area contributed by atoms with Gasteiger partial charge in [0.1, 0.15) is 0 Å². The van der Waals surface area contributed by atoms with Crippen LogP contribution in [0.3, 0.4) is 0 Å². The predicted molar refractivity (Wildman–Crippen MR) is 70.4 cm³/mol. The van der Waals surface area contributed by atoms with Gasteiger partial charge in [-0.25, -0.2) is 0 Å². The van der Waals surface area contributed by atoms with E-state index >= 15 is 0 Å². The molecule has 2 aromatic rings. The van der Waals surface area contributed by atoms with Crippen LogP contribution >= 0.6 is 0 Å². The highest BCUT2D eigenvalue weighted by Gasteiger charge is 2.09. The Hall–Kier alpha value is -1.89. The Labute approximate surface area is 102 Å². The lowest BCUT2D eigenvalue weighted by atomic mass is 9.97. The van der Waals surface area contributed by atoms with E-state index in [4.69, 9.17) is 0 Å². The fourth-order valence-corrected chi connectivity index (χ4v) is 1.91. The first kappa shape index (κ1) is 11.6. The number of hydrogen-bond acceptors (Lipinski definition) is 1. The van der Waals surface area contributed by atoms with Crippen molar-refractivity contribution in [3.05, 3.63) is 70.8 Å². The molecule has 0 spiro atoms. The highest BCUT2D eigenvalue weighted by molar-refractivity contribution is 5.98. The maximum Gasteiger partial charge on any atom is 0.167 e. The van der Waals surface area contributed by atoms with E-state index in [-0.39, 0.29) is 5.78 Å².